The van der Waals surface area contributed by atoms with Crippen LogP contribution < -0.4 is 5.32 Å². The maximum Gasteiger partial charge on any atom is 0.451 e. The maximum absolute atomic E-state index is 8.83. The highest BCUT2D eigenvalue weighted by atomic mass is 16.4. The van der Waals surface area contributed by atoms with Crippen LogP contribution in [0.1, 0.15) is 39.5 Å². The summed E-state index contributed by atoms with van der Waals surface area (Å²) >= 11 is 0. The molecule has 104 valence electrons. The van der Waals surface area contributed by atoms with Gasteiger partial charge in [-0.05, 0) is 44.0 Å². The second-order valence-electron chi connectivity index (χ2n) is 6.25. The number of nitrogens with one attached hydrogen (secondary N) is 1. The van der Waals surface area contributed by atoms with Crippen molar-refractivity contribution in [2.75, 3.05) is 13.2 Å². The van der Waals surface area contributed by atoms with Gasteiger partial charge in [-0.3, -0.25) is 10.2 Å². The molecule has 2 fully saturated rings. The molecule has 1 saturated heterocycles. The van der Waals surface area contributed by atoms with Gasteiger partial charge in [0.2, 0.25) is 0 Å². The molecule has 5 heteroatoms. The molecule has 4 unspecified atom stereocenters. The first kappa shape index (κ1) is 14.3. The summed E-state index contributed by atoms with van der Waals surface area (Å²) in [7, 11) is -1.13. The van der Waals surface area contributed by atoms with E-state index in [-0.39, 0.29) is 0 Å². The molecular formula is C13H27BN2O2. The van der Waals surface area contributed by atoms with Crippen LogP contribution in [0.2, 0.25) is 6.32 Å². The van der Waals surface area contributed by atoms with Crippen LogP contribution in [0.4, 0.5) is 0 Å². The van der Waals surface area contributed by atoms with Gasteiger partial charge >= 0.3 is 7.12 Å². The topological polar surface area (TPSA) is 55.7 Å². The summed E-state index contributed by atoms with van der Waals surface area (Å²) < 4.78 is 0. The molecule has 2 aliphatic rings. The Bertz CT molecular complexity index is 265. The number of hydrogen-bond acceptors (Lipinski definition) is 4. The van der Waals surface area contributed by atoms with E-state index in [2.05, 4.69) is 24.1 Å². The monoisotopic (exact) mass is 254 g/mol. The lowest BCUT2D eigenvalue weighted by molar-refractivity contribution is 0.142. The van der Waals surface area contributed by atoms with E-state index >= 15 is 0 Å². The van der Waals surface area contributed by atoms with Gasteiger partial charge < -0.3 is 10.0 Å². The van der Waals surface area contributed by atoms with Crippen LogP contribution in [-0.4, -0.2) is 47.4 Å². The zero-order valence-electron chi connectivity index (χ0n) is 11.7. The van der Waals surface area contributed by atoms with E-state index in [0.717, 1.165) is 37.9 Å². The molecule has 4 atom stereocenters. The van der Waals surface area contributed by atoms with Crippen LogP contribution in [0.15, 0.2) is 0 Å². The Kier molecular flexibility index (Phi) is 5.07. The van der Waals surface area contributed by atoms with Crippen molar-refractivity contribution in [1.29, 1.82) is 0 Å². The highest BCUT2D eigenvalue weighted by Crippen LogP contribution is 2.34. The summed E-state index contributed by atoms with van der Waals surface area (Å²) in [5.74, 6) is 1.66. The van der Waals surface area contributed by atoms with Gasteiger partial charge in [-0.2, -0.15) is 0 Å². The molecule has 4 nitrogen and oxygen atoms in total. The first-order chi connectivity index (χ1) is 8.58. The van der Waals surface area contributed by atoms with E-state index in [1.54, 1.807) is 0 Å². The molecule has 0 radical (unpaired) electrons. The number of rotatable bonds is 5. The summed E-state index contributed by atoms with van der Waals surface area (Å²) in [5, 5.41) is 21.3. The van der Waals surface area contributed by atoms with E-state index in [4.69, 9.17) is 10.0 Å². The second-order valence-corrected chi connectivity index (χ2v) is 6.25. The number of unbranched alkanes of at least 4 members (excludes halogenated alkanes) is 1. The van der Waals surface area contributed by atoms with E-state index in [1.807, 2.05) is 0 Å². The van der Waals surface area contributed by atoms with Gasteiger partial charge in [-0.25, -0.2) is 0 Å². The standard InChI is InChI=1S/C13H27BN2O2/c1-10-7-12-13(8-11(10)2)16(9-15-12)6-4-3-5-14(17)18/h10-13,15,17-18H,3-9H2,1-2H3. The van der Waals surface area contributed by atoms with Gasteiger partial charge in [0.15, 0.2) is 0 Å². The molecule has 2 rings (SSSR count). The Morgan fingerprint density at radius 1 is 1.17 bits per heavy atom. The molecule has 18 heavy (non-hydrogen) atoms. The molecule has 1 saturated carbocycles. The van der Waals surface area contributed by atoms with Crippen molar-refractivity contribution in [2.45, 2.75) is 57.9 Å². The van der Waals surface area contributed by atoms with Gasteiger partial charge in [0.05, 0.1) is 0 Å². The molecule has 0 amide bonds. The smallest absolute Gasteiger partial charge is 0.427 e. The third kappa shape index (κ3) is 3.47. The molecule has 0 aromatic heterocycles. The minimum Gasteiger partial charge on any atom is -0.427 e. The quantitative estimate of drug-likeness (QED) is 0.504. The largest absolute Gasteiger partial charge is 0.451 e. The molecule has 0 aromatic rings. The summed E-state index contributed by atoms with van der Waals surface area (Å²) in [6, 6.07) is 1.38. The molecule has 3 N–H and O–H groups in total. The third-order valence-electron chi connectivity index (χ3n) is 4.86. The highest BCUT2D eigenvalue weighted by Gasteiger charge is 2.39. The summed E-state index contributed by atoms with van der Waals surface area (Å²) in [4.78, 5) is 2.55. The maximum atomic E-state index is 8.83. The van der Waals surface area contributed by atoms with Crippen LogP contribution >= 0.6 is 0 Å². The minimum absolute atomic E-state index is 0.503. The van der Waals surface area contributed by atoms with Crippen molar-refractivity contribution < 1.29 is 10.0 Å². The van der Waals surface area contributed by atoms with Gasteiger partial charge in [0.25, 0.3) is 0 Å². The molecule has 0 bridgehead atoms. The zero-order valence-corrected chi connectivity index (χ0v) is 11.7. The summed E-state index contributed by atoms with van der Waals surface area (Å²) in [6.07, 6.45) is 5.08. The SMILES string of the molecule is CC1CC2NCN(CCCCB(O)O)C2CC1C. The van der Waals surface area contributed by atoms with Crippen LogP contribution in [0.5, 0.6) is 0 Å². The fourth-order valence-corrected chi connectivity index (χ4v) is 3.43. The molecule has 0 aromatic carbocycles. The lowest BCUT2D eigenvalue weighted by Gasteiger charge is -2.37. The zero-order chi connectivity index (χ0) is 13.1. The molecule has 1 aliphatic carbocycles. The first-order valence-electron chi connectivity index (χ1n) is 7.41. The normalized spacial score (nSPS) is 36.7. The highest BCUT2D eigenvalue weighted by molar-refractivity contribution is 6.40. The molecule has 1 heterocycles. The fraction of sp³-hybridized carbons (Fsp3) is 1.00. The number of hydrogen-bond donors (Lipinski definition) is 3. The van der Waals surface area contributed by atoms with Gasteiger partial charge in [0, 0.05) is 18.8 Å². The Labute approximate surface area is 111 Å². The lowest BCUT2D eigenvalue weighted by Crippen LogP contribution is -2.44. The third-order valence-corrected chi connectivity index (χ3v) is 4.86. The van der Waals surface area contributed by atoms with E-state index in [9.17, 15) is 0 Å². The average Bonchev–Trinajstić information content (AvgIpc) is 2.68. The number of nitrogens with zero attached hydrogens (tertiary/aromatic N) is 1. The van der Waals surface area contributed by atoms with Crippen molar-refractivity contribution in [2.24, 2.45) is 11.8 Å². The van der Waals surface area contributed by atoms with Crippen LogP contribution in [0, 0.1) is 11.8 Å². The van der Waals surface area contributed by atoms with E-state index < -0.39 is 7.12 Å². The van der Waals surface area contributed by atoms with E-state index in [0.29, 0.717) is 18.4 Å². The van der Waals surface area contributed by atoms with Crippen molar-refractivity contribution in [3.8, 4) is 0 Å². The Hall–Kier alpha value is -0.0951. The fourth-order valence-electron chi connectivity index (χ4n) is 3.43. The molecular weight excluding hydrogens is 227 g/mol. The Morgan fingerprint density at radius 2 is 1.89 bits per heavy atom. The second kappa shape index (κ2) is 6.37. The lowest BCUT2D eigenvalue weighted by atomic mass is 9.76. The van der Waals surface area contributed by atoms with Crippen molar-refractivity contribution in [3.63, 3.8) is 0 Å². The minimum atomic E-state index is -1.13. The van der Waals surface area contributed by atoms with Crippen molar-refractivity contribution >= 4 is 7.12 Å². The van der Waals surface area contributed by atoms with Crippen LogP contribution in [-0.2, 0) is 0 Å². The first-order valence-corrected chi connectivity index (χ1v) is 7.41. The van der Waals surface area contributed by atoms with Crippen LogP contribution in [0.25, 0.3) is 0 Å². The van der Waals surface area contributed by atoms with Crippen molar-refractivity contribution in [3.05, 3.63) is 0 Å². The van der Waals surface area contributed by atoms with Gasteiger partial charge in [-0.15, -0.1) is 0 Å². The van der Waals surface area contributed by atoms with Crippen molar-refractivity contribution in [1.82, 2.24) is 10.2 Å². The predicted molar refractivity (Wildman–Crippen MR) is 74.1 cm³/mol. The number of fused-ring (bicyclic) bond motifs is 1. The van der Waals surface area contributed by atoms with Gasteiger partial charge in [-0.1, -0.05) is 20.3 Å². The predicted octanol–water partition coefficient (Wildman–Crippen LogP) is 0.905. The Balaban J connectivity index is 1.74. The van der Waals surface area contributed by atoms with E-state index in [1.165, 1.54) is 12.8 Å². The summed E-state index contributed by atoms with van der Waals surface area (Å²) in [5.41, 5.74) is 0. The summed E-state index contributed by atoms with van der Waals surface area (Å²) in [6.45, 7) is 6.84. The Morgan fingerprint density at radius 3 is 2.61 bits per heavy atom. The molecule has 1 aliphatic heterocycles. The van der Waals surface area contributed by atoms with Gasteiger partial charge in [0.1, 0.15) is 0 Å². The average molecular weight is 254 g/mol. The van der Waals surface area contributed by atoms with Crippen LogP contribution in [0.3, 0.4) is 0 Å². The molecule has 0 spiro atoms.